The van der Waals surface area contributed by atoms with Gasteiger partial charge in [-0.1, -0.05) is 0 Å². The lowest BCUT2D eigenvalue weighted by molar-refractivity contribution is 0.293. The van der Waals surface area contributed by atoms with Gasteiger partial charge in [0.2, 0.25) is 0 Å². The van der Waals surface area contributed by atoms with Crippen molar-refractivity contribution in [2.75, 3.05) is 0 Å². The van der Waals surface area contributed by atoms with Gasteiger partial charge in [0.1, 0.15) is 6.29 Å². The van der Waals surface area contributed by atoms with Gasteiger partial charge in [-0.15, -0.1) is 0 Å². The SMILES string of the molecule is CC(C)NC(NC(C)C)NC(C)C. The Hall–Kier alpha value is -0.120. The fourth-order valence-electron chi connectivity index (χ4n) is 1.14. The van der Waals surface area contributed by atoms with Gasteiger partial charge in [-0.3, -0.25) is 16.0 Å². The third-order valence-corrected chi connectivity index (χ3v) is 1.50. The van der Waals surface area contributed by atoms with Crippen LogP contribution >= 0.6 is 0 Å². The van der Waals surface area contributed by atoms with Crippen LogP contribution in [0.15, 0.2) is 0 Å². The zero-order valence-corrected chi connectivity index (χ0v) is 9.81. The minimum atomic E-state index is 0.208. The molecule has 0 aliphatic carbocycles. The molecule has 0 aromatic heterocycles. The first kappa shape index (κ1) is 12.9. The molecule has 80 valence electrons. The summed E-state index contributed by atoms with van der Waals surface area (Å²) in [6.45, 7) is 12.9. The summed E-state index contributed by atoms with van der Waals surface area (Å²) in [6, 6.07) is 1.47. The number of hydrogen-bond donors (Lipinski definition) is 3. The Balaban J connectivity index is 3.87. The molecule has 0 heterocycles. The van der Waals surface area contributed by atoms with Crippen molar-refractivity contribution in [1.29, 1.82) is 0 Å². The second kappa shape index (κ2) is 6.35. The van der Waals surface area contributed by atoms with Gasteiger partial charge in [0, 0.05) is 18.1 Å². The molecule has 0 bridgehead atoms. The average Bonchev–Trinajstić information content (AvgIpc) is 1.80. The van der Waals surface area contributed by atoms with Gasteiger partial charge < -0.3 is 0 Å². The molecule has 0 saturated carbocycles. The standard InChI is InChI=1S/C10H25N3/c1-7(2)11-10(12-8(3)4)13-9(5)6/h7-13H,1-6H3. The van der Waals surface area contributed by atoms with E-state index >= 15 is 0 Å². The lowest BCUT2D eigenvalue weighted by atomic mass is 10.3. The normalized spacial score (nSPS) is 12.5. The molecule has 0 aliphatic heterocycles. The summed E-state index contributed by atoms with van der Waals surface area (Å²) >= 11 is 0. The van der Waals surface area contributed by atoms with E-state index in [9.17, 15) is 0 Å². The summed E-state index contributed by atoms with van der Waals surface area (Å²) in [5.74, 6) is 0. The average molecular weight is 187 g/mol. The molecule has 0 fully saturated rings. The summed E-state index contributed by atoms with van der Waals surface area (Å²) in [5.41, 5.74) is 0. The second-order valence-corrected chi connectivity index (χ2v) is 4.40. The summed E-state index contributed by atoms with van der Waals surface area (Å²) in [5, 5.41) is 10.3. The summed E-state index contributed by atoms with van der Waals surface area (Å²) < 4.78 is 0. The maximum absolute atomic E-state index is 3.42. The van der Waals surface area contributed by atoms with Crippen LogP contribution in [0.25, 0.3) is 0 Å². The number of rotatable bonds is 6. The van der Waals surface area contributed by atoms with Crippen LogP contribution in [-0.2, 0) is 0 Å². The van der Waals surface area contributed by atoms with Crippen LogP contribution in [0, 0.1) is 0 Å². The first-order chi connectivity index (χ1) is 5.91. The first-order valence-electron chi connectivity index (χ1n) is 5.20. The van der Waals surface area contributed by atoms with Crippen LogP contribution in [0.5, 0.6) is 0 Å². The summed E-state index contributed by atoms with van der Waals surface area (Å²) in [4.78, 5) is 0. The predicted molar refractivity (Wildman–Crippen MR) is 58.6 cm³/mol. The van der Waals surface area contributed by atoms with E-state index < -0.39 is 0 Å². The number of hydrogen-bond acceptors (Lipinski definition) is 3. The van der Waals surface area contributed by atoms with Crippen LogP contribution in [0.3, 0.4) is 0 Å². The molecule has 0 radical (unpaired) electrons. The molecular weight excluding hydrogens is 162 g/mol. The molecule has 0 amide bonds. The fourth-order valence-corrected chi connectivity index (χ4v) is 1.14. The quantitative estimate of drug-likeness (QED) is 0.548. The Morgan fingerprint density at radius 2 is 0.769 bits per heavy atom. The van der Waals surface area contributed by atoms with Crippen molar-refractivity contribution in [1.82, 2.24) is 16.0 Å². The zero-order valence-electron chi connectivity index (χ0n) is 9.81. The van der Waals surface area contributed by atoms with Crippen molar-refractivity contribution in [2.24, 2.45) is 0 Å². The van der Waals surface area contributed by atoms with Crippen molar-refractivity contribution in [3.63, 3.8) is 0 Å². The van der Waals surface area contributed by atoms with Crippen molar-refractivity contribution in [2.45, 2.75) is 66.0 Å². The molecular formula is C10H25N3. The first-order valence-corrected chi connectivity index (χ1v) is 5.20. The molecule has 3 heteroatoms. The van der Waals surface area contributed by atoms with Crippen LogP contribution < -0.4 is 16.0 Å². The zero-order chi connectivity index (χ0) is 10.4. The molecule has 0 atom stereocenters. The monoisotopic (exact) mass is 187 g/mol. The van der Waals surface area contributed by atoms with Gasteiger partial charge >= 0.3 is 0 Å². The van der Waals surface area contributed by atoms with Gasteiger partial charge in [0.25, 0.3) is 0 Å². The van der Waals surface area contributed by atoms with E-state index in [1.54, 1.807) is 0 Å². The van der Waals surface area contributed by atoms with Crippen molar-refractivity contribution in [3.05, 3.63) is 0 Å². The molecule has 0 unspecified atom stereocenters. The van der Waals surface area contributed by atoms with Gasteiger partial charge in [-0.05, 0) is 41.5 Å². The van der Waals surface area contributed by atoms with Gasteiger partial charge in [0.15, 0.2) is 0 Å². The molecule has 0 aromatic carbocycles. The van der Waals surface area contributed by atoms with E-state index in [2.05, 4.69) is 57.5 Å². The predicted octanol–water partition coefficient (Wildman–Crippen LogP) is 1.26. The molecule has 0 aliphatic rings. The Labute approximate surface area is 82.7 Å². The highest BCUT2D eigenvalue weighted by molar-refractivity contribution is 4.69. The minimum absolute atomic E-state index is 0.208. The second-order valence-electron chi connectivity index (χ2n) is 4.40. The minimum Gasteiger partial charge on any atom is -0.287 e. The lowest BCUT2D eigenvalue weighted by Gasteiger charge is -2.27. The van der Waals surface area contributed by atoms with Crippen molar-refractivity contribution >= 4 is 0 Å². The van der Waals surface area contributed by atoms with Crippen LogP contribution in [0.2, 0.25) is 0 Å². The Kier molecular flexibility index (Phi) is 6.29. The molecule has 0 aromatic rings. The van der Waals surface area contributed by atoms with Crippen molar-refractivity contribution in [3.8, 4) is 0 Å². The third-order valence-electron chi connectivity index (χ3n) is 1.50. The molecule has 0 rings (SSSR count). The van der Waals surface area contributed by atoms with Crippen molar-refractivity contribution < 1.29 is 0 Å². The highest BCUT2D eigenvalue weighted by Gasteiger charge is 2.10. The fraction of sp³-hybridized carbons (Fsp3) is 1.00. The Bertz CT molecular complexity index is 97.6. The van der Waals surface area contributed by atoms with Gasteiger partial charge in [-0.25, -0.2) is 0 Å². The third kappa shape index (κ3) is 8.22. The van der Waals surface area contributed by atoms with E-state index in [4.69, 9.17) is 0 Å². The van der Waals surface area contributed by atoms with E-state index in [-0.39, 0.29) is 6.29 Å². The smallest absolute Gasteiger partial charge is 0.112 e. The van der Waals surface area contributed by atoms with E-state index in [1.165, 1.54) is 0 Å². The molecule has 0 spiro atoms. The molecule has 3 N–H and O–H groups in total. The van der Waals surface area contributed by atoms with E-state index in [0.29, 0.717) is 18.1 Å². The van der Waals surface area contributed by atoms with Gasteiger partial charge in [0.05, 0.1) is 0 Å². The summed E-state index contributed by atoms with van der Waals surface area (Å²) in [6.07, 6.45) is 0.208. The number of nitrogens with one attached hydrogen (secondary N) is 3. The van der Waals surface area contributed by atoms with Crippen LogP contribution in [-0.4, -0.2) is 24.4 Å². The molecule has 13 heavy (non-hydrogen) atoms. The van der Waals surface area contributed by atoms with E-state index in [0.717, 1.165) is 0 Å². The highest BCUT2D eigenvalue weighted by Crippen LogP contribution is 1.87. The molecule has 3 nitrogen and oxygen atoms in total. The maximum atomic E-state index is 3.42. The van der Waals surface area contributed by atoms with Gasteiger partial charge in [-0.2, -0.15) is 0 Å². The highest BCUT2D eigenvalue weighted by atomic mass is 15.3. The topological polar surface area (TPSA) is 36.1 Å². The Morgan fingerprint density at radius 1 is 0.538 bits per heavy atom. The molecule has 0 saturated heterocycles. The maximum Gasteiger partial charge on any atom is 0.112 e. The van der Waals surface area contributed by atoms with E-state index in [1.807, 2.05) is 0 Å². The largest absolute Gasteiger partial charge is 0.287 e. The Morgan fingerprint density at radius 3 is 0.923 bits per heavy atom. The van der Waals surface area contributed by atoms with Crippen LogP contribution in [0.1, 0.15) is 41.5 Å². The van der Waals surface area contributed by atoms with Crippen LogP contribution in [0.4, 0.5) is 0 Å². The summed E-state index contributed by atoms with van der Waals surface area (Å²) in [7, 11) is 0. The lowest BCUT2D eigenvalue weighted by Crippen LogP contribution is -2.58.